The first kappa shape index (κ1) is 21.9. The Morgan fingerprint density at radius 2 is 1.72 bits per heavy atom. The Morgan fingerprint density at radius 1 is 1.07 bits per heavy atom. The summed E-state index contributed by atoms with van der Waals surface area (Å²) in [5.74, 6) is -0.652. The number of aliphatic hydroxyl groups excluding tert-OH is 1. The van der Waals surface area contributed by atoms with Gasteiger partial charge >= 0.3 is 0 Å². The molecule has 0 saturated carbocycles. The normalized spacial score (nSPS) is 19.3. The molecule has 2 aromatic rings. The number of halogens is 3. The quantitative estimate of drug-likeness (QED) is 0.430. The van der Waals surface area contributed by atoms with Crippen molar-refractivity contribution in [2.75, 3.05) is 13.4 Å². The number of ether oxygens (including phenoxy) is 1. The number of amides is 1. The van der Waals surface area contributed by atoms with E-state index in [1.807, 2.05) is 19.1 Å². The molecule has 1 aliphatic heterocycles. The Morgan fingerprint density at radius 3 is 2.34 bits per heavy atom. The first-order chi connectivity index (χ1) is 13.8. The zero-order chi connectivity index (χ0) is 21.2. The number of aliphatic hydroxyl groups is 1. The predicted molar refractivity (Wildman–Crippen MR) is 114 cm³/mol. The number of nitrogens with zero attached hydrogens (tertiary/aromatic N) is 1. The third-order valence-corrected chi connectivity index (χ3v) is 5.52. The zero-order valence-electron chi connectivity index (χ0n) is 15.9. The maximum atomic E-state index is 13.2. The van der Waals surface area contributed by atoms with Gasteiger partial charge in [0.05, 0.1) is 10.6 Å². The standard InChI is InChI=1S/C21H20Cl3NO4/c1-3-28-12-29-25-20(27)18(16-9-8-15(23)10-17(16)24)19(26)21(25,2)11-13-4-6-14(22)7-5-13/h4-10,26H,3,11-12H2,1-2H3. The number of hydrogen-bond acceptors (Lipinski definition) is 4. The van der Waals surface area contributed by atoms with Gasteiger partial charge < -0.3 is 9.84 Å². The van der Waals surface area contributed by atoms with Gasteiger partial charge in [-0.25, -0.2) is 9.90 Å². The van der Waals surface area contributed by atoms with Crippen LogP contribution in [0.3, 0.4) is 0 Å². The van der Waals surface area contributed by atoms with E-state index in [2.05, 4.69) is 0 Å². The van der Waals surface area contributed by atoms with Crippen LogP contribution in [-0.2, 0) is 20.8 Å². The minimum atomic E-state index is -1.17. The molecule has 8 heteroatoms. The van der Waals surface area contributed by atoms with Crippen LogP contribution < -0.4 is 0 Å². The average molecular weight is 457 g/mol. The summed E-state index contributed by atoms with van der Waals surface area (Å²) in [5, 5.41) is 13.6. The molecule has 2 aromatic carbocycles. The number of hydrogen-bond donors (Lipinski definition) is 1. The fraction of sp³-hybridized carbons (Fsp3) is 0.286. The molecule has 1 atom stereocenters. The lowest BCUT2D eigenvalue weighted by Gasteiger charge is -2.34. The lowest BCUT2D eigenvalue weighted by Crippen LogP contribution is -2.48. The smallest absolute Gasteiger partial charge is 0.282 e. The van der Waals surface area contributed by atoms with Gasteiger partial charge in [0.15, 0.2) is 6.79 Å². The highest BCUT2D eigenvalue weighted by Gasteiger charge is 2.51. The Hall–Kier alpha value is -1.76. The summed E-state index contributed by atoms with van der Waals surface area (Å²) in [6.07, 6.45) is 0.294. The van der Waals surface area contributed by atoms with Crippen molar-refractivity contribution in [3.8, 4) is 0 Å². The van der Waals surface area contributed by atoms with Gasteiger partial charge in [0.2, 0.25) is 0 Å². The summed E-state index contributed by atoms with van der Waals surface area (Å²) < 4.78 is 5.24. The van der Waals surface area contributed by atoms with Crippen molar-refractivity contribution >= 4 is 46.3 Å². The van der Waals surface area contributed by atoms with E-state index in [0.29, 0.717) is 28.6 Å². The first-order valence-corrected chi connectivity index (χ1v) is 10.1. The topological polar surface area (TPSA) is 59.0 Å². The highest BCUT2D eigenvalue weighted by molar-refractivity contribution is 6.37. The number of hydroxylamine groups is 2. The summed E-state index contributed by atoms with van der Waals surface area (Å²) in [5.41, 5.74) is 0.146. The van der Waals surface area contributed by atoms with Crippen molar-refractivity contribution in [2.24, 2.45) is 0 Å². The third kappa shape index (κ3) is 4.39. The molecule has 3 rings (SSSR count). The van der Waals surface area contributed by atoms with Crippen molar-refractivity contribution in [3.63, 3.8) is 0 Å². The lowest BCUT2D eigenvalue weighted by molar-refractivity contribution is -0.245. The van der Waals surface area contributed by atoms with Crippen LogP contribution in [0.2, 0.25) is 15.1 Å². The highest BCUT2D eigenvalue weighted by Crippen LogP contribution is 2.43. The summed E-state index contributed by atoms with van der Waals surface area (Å²) >= 11 is 18.3. The maximum absolute atomic E-state index is 13.2. The van der Waals surface area contributed by atoms with Crippen LogP contribution in [0.1, 0.15) is 25.0 Å². The number of benzene rings is 2. The third-order valence-electron chi connectivity index (χ3n) is 4.72. The van der Waals surface area contributed by atoms with E-state index in [-0.39, 0.29) is 23.1 Å². The van der Waals surface area contributed by atoms with Crippen LogP contribution in [0.5, 0.6) is 0 Å². The number of rotatable bonds is 7. The second-order valence-electron chi connectivity index (χ2n) is 6.76. The predicted octanol–water partition coefficient (Wildman–Crippen LogP) is 5.69. The summed E-state index contributed by atoms with van der Waals surface area (Å²) in [4.78, 5) is 18.8. The number of carbonyl (C=O) groups excluding carboxylic acids is 1. The van der Waals surface area contributed by atoms with Gasteiger partial charge in [-0.2, -0.15) is 0 Å². The molecular weight excluding hydrogens is 437 g/mol. The minimum absolute atomic E-state index is 0.0691. The van der Waals surface area contributed by atoms with E-state index < -0.39 is 11.4 Å². The molecule has 5 nitrogen and oxygen atoms in total. The van der Waals surface area contributed by atoms with E-state index in [4.69, 9.17) is 44.4 Å². The first-order valence-electron chi connectivity index (χ1n) is 8.96. The molecule has 0 fully saturated rings. The maximum Gasteiger partial charge on any atom is 0.282 e. The fourth-order valence-electron chi connectivity index (χ4n) is 3.26. The molecule has 29 heavy (non-hydrogen) atoms. The minimum Gasteiger partial charge on any atom is -0.509 e. The lowest BCUT2D eigenvalue weighted by atomic mass is 9.90. The molecule has 154 valence electrons. The zero-order valence-corrected chi connectivity index (χ0v) is 18.2. The molecule has 1 N–H and O–H groups in total. The molecule has 0 aromatic heterocycles. The molecule has 0 saturated heterocycles. The SMILES string of the molecule is CCOCON1C(=O)C(c2ccc(Cl)cc2Cl)=C(O)C1(C)Cc1ccc(Cl)cc1. The molecule has 0 radical (unpaired) electrons. The van der Waals surface area contributed by atoms with Gasteiger partial charge in [0.25, 0.3) is 5.91 Å². The Labute approximate surface area is 184 Å². The van der Waals surface area contributed by atoms with Crippen LogP contribution in [0.25, 0.3) is 5.57 Å². The van der Waals surface area contributed by atoms with Crippen LogP contribution >= 0.6 is 34.8 Å². The van der Waals surface area contributed by atoms with Gasteiger partial charge in [-0.1, -0.05) is 53.0 Å². The van der Waals surface area contributed by atoms with Crippen LogP contribution in [0.4, 0.5) is 0 Å². The second kappa shape index (κ2) is 8.94. The van der Waals surface area contributed by atoms with Gasteiger partial charge in [0, 0.05) is 28.6 Å². The van der Waals surface area contributed by atoms with Crippen molar-refractivity contribution in [3.05, 3.63) is 74.4 Å². The largest absolute Gasteiger partial charge is 0.509 e. The van der Waals surface area contributed by atoms with Crippen LogP contribution in [0.15, 0.2) is 48.2 Å². The van der Waals surface area contributed by atoms with Gasteiger partial charge in [-0.15, -0.1) is 0 Å². The molecular formula is C21H20Cl3NO4. The average Bonchev–Trinajstić information content (AvgIpc) is 2.85. The molecule has 1 amide bonds. The van der Waals surface area contributed by atoms with Crippen LogP contribution in [0, 0.1) is 0 Å². The molecule has 0 spiro atoms. The van der Waals surface area contributed by atoms with E-state index >= 15 is 0 Å². The van der Waals surface area contributed by atoms with Crippen molar-refractivity contribution in [1.29, 1.82) is 0 Å². The molecule has 1 heterocycles. The second-order valence-corrected chi connectivity index (χ2v) is 8.04. The van der Waals surface area contributed by atoms with Crippen molar-refractivity contribution in [2.45, 2.75) is 25.8 Å². The highest BCUT2D eigenvalue weighted by atomic mass is 35.5. The molecule has 1 unspecified atom stereocenters. The Balaban J connectivity index is 2.05. The van der Waals surface area contributed by atoms with Crippen molar-refractivity contribution in [1.82, 2.24) is 5.06 Å². The van der Waals surface area contributed by atoms with Gasteiger partial charge in [-0.05, 0) is 43.7 Å². The number of carbonyl (C=O) groups is 1. The fourth-order valence-corrected chi connectivity index (χ4v) is 3.89. The Bertz CT molecular complexity index is 945. The summed E-state index contributed by atoms with van der Waals surface area (Å²) in [6.45, 7) is 3.83. The van der Waals surface area contributed by atoms with Gasteiger partial charge in [-0.3, -0.25) is 4.79 Å². The monoisotopic (exact) mass is 455 g/mol. The van der Waals surface area contributed by atoms with E-state index in [1.54, 1.807) is 31.2 Å². The van der Waals surface area contributed by atoms with Crippen molar-refractivity contribution < 1.29 is 19.5 Å². The summed E-state index contributed by atoms with van der Waals surface area (Å²) in [6, 6.07) is 11.9. The molecule has 1 aliphatic rings. The molecule has 0 aliphatic carbocycles. The van der Waals surface area contributed by atoms with E-state index in [9.17, 15) is 9.90 Å². The Kier molecular flexibility index (Phi) is 6.76. The summed E-state index contributed by atoms with van der Waals surface area (Å²) in [7, 11) is 0. The van der Waals surface area contributed by atoms with E-state index in [1.165, 1.54) is 6.07 Å². The van der Waals surface area contributed by atoms with Gasteiger partial charge in [0.1, 0.15) is 11.3 Å². The molecule has 0 bridgehead atoms. The van der Waals surface area contributed by atoms with E-state index in [0.717, 1.165) is 10.6 Å². The van der Waals surface area contributed by atoms with Crippen LogP contribution in [-0.4, -0.2) is 35.0 Å².